The maximum atomic E-state index is 12.8. The van der Waals surface area contributed by atoms with Gasteiger partial charge in [0.2, 0.25) is 0 Å². The summed E-state index contributed by atoms with van der Waals surface area (Å²) in [5.74, 6) is 0. The van der Waals surface area contributed by atoms with Crippen molar-refractivity contribution in [1.82, 2.24) is 15.2 Å². The van der Waals surface area contributed by atoms with E-state index in [0.717, 1.165) is 32.9 Å². The SMILES string of the molecule is FC(F)(F)c1cc(-c2ccc(-c3ccc(N(c4ccccc4)c4ccccc4)s3)cn2)n[nH]1. The molecule has 0 atom stereocenters. The number of aromatic amines is 1. The van der Waals surface area contributed by atoms with Crippen molar-refractivity contribution < 1.29 is 13.2 Å². The van der Waals surface area contributed by atoms with E-state index in [1.807, 2.05) is 53.6 Å². The van der Waals surface area contributed by atoms with Crippen LogP contribution in [0.4, 0.5) is 29.5 Å². The Bertz CT molecular complexity index is 1300. The van der Waals surface area contributed by atoms with Crippen LogP contribution < -0.4 is 4.90 Å². The van der Waals surface area contributed by atoms with Crippen LogP contribution in [0.1, 0.15) is 5.69 Å². The minimum Gasteiger partial charge on any atom is -0.302 e. The van der Waals surface area contributed by atoms with Crippen LogP contribution in [0, 0.1) is 0 Å². The van der Waals surface area contributed by atoms with Crippen molar-refractivity contribution in [2.75, 3.05) is 4.90 Å². The molecule has 0 fully saturated rings. The number of halogens is 3. The predicted molar refractivity (Wildman–Crippen MR) is 125 cm³/mol. The lowest BCUT2D eigenvalue weighted by molar-refractivity contribution is -0.141. The van der Waals surface area contributed by atoms with Gasteiger partial charge in [0.15, 0.2) is 0 Å². The number of aromatic nitrogens is 3. The van der Waals surface area contributed by atoms with Gasteiger partial charge in [-0.05, 0) is 54.6 Å². The minimum absolute atomic E-state index is 0.153. The van der Waals surface area contributed by atoms with E-state index in [2.05, 4.69) is 45.3 Å². The number of alkyl halides is 3. The molecule has 0 unspecified atom stereocenters. The van der Waals surface area contributed by atoms with Gasteiger partial charge in [-0.1, -0.05) is 36.4 Å². The molecule has 0 bridgehead atoms. The van der Waals surface area contributed by atoms with Crippen molar-refractivity contribution >= 4 is 27.7 Å². The fourth-order valence-corrected chi connectivity index (χ4v) is 4.49. The Labute approximate surface area is 192 Å². The average Bonchev–Trinajstić information content (AvgIpc) is 3.52. The molecule has 0 saturated heterocycles. The molecular formula is C25H17F3N4S. The lowest BCUT2D eigenvalue weighted by Gasteiger charge is -2.23. The van der Waals surface area contributed by atoms with Gasteiger partial charge in [-0.15, -0.1) is 11.3 Å². The van der Waals surface area contributed by atoms with Gasteiger partial charge >= 0.3 is 6.18 Å². The molecule has 1 N–H and O–H groups in total. The van der Waals surface area contributed by atoms with Crippen LogP contribution in [-0.4, -0.2) is 15.2 Å². The standard InChI is InChI=1S/C25H17F3N4S/c26-25(27,28)23-15-21(30-31-23)20-12-11-17(16-29-20)22-13-14-24(33-22)32(18-7-3-1-4-8-18)19-9-5-2-6-10-19/h1-16H,(H,30,31). The zero-order chi connectivity index (χ0) is 22.8. The fraction of sp³-hybridized carbons (Fsp3) is 0.0400. The number of benzene rings is 2. The van der Waals surface area contributed by atoms with Crippen molar-refractivity contribution in [3.8, 4) is 21.8 Å². The number of thiophene rings is 1. The largest absolute Gasteiger partial charge is 0.432 e. The van der Waals surface area contributed by atoms with E-state index in [1.54, 1.807) is 23.6 Å². The summed E-state index contributed by atoms with van der Waals surface area (Å²) in [6.07, 6.45) is -2.82. The summed E-state index contributed by atoms with van der Waals surface area (Å²) in [6.45, 7) is 0. The van der Waals surface area contributed by atoms with Gasteiger partial charge in [0, 0.05) is 28.0 Å². The van der Waals surface area contributed by atoms with E-state index in [1.165, 1.54) is 0 Å². The molecule has 5 aromatic rings. The fourth-order valence-electron chi connectivity index (χ4n) is 3.45. The monoisotopic (exact) mass is 462 g/mol. The number of hydrogen-bond donors (Lipinski definition) is 1. The first kappa shape index (κ1) is 21.0. The summed E-state index contributed by atoms with van der Waals surface area (Å²) in [5, 5.41) is 6.79. The molecule has 0 radical (unpaired) electrons. The van der Waals surface area contributed by atoms with Crippen LogP contribution in [-0.2, 0) is 6.18 Å². The van der Waals surface area contributed by atoms with Crippen LogP contribution in [0.2, 0.25) is 0 Å². The average molecular weight is 463 g/mol. The second kappa shape index (κ2) is 8.55. The first-order valence-electron chi connectivity index (χ1n) is 10.1. The Morgan fingerprint density at radius 2 is 1.42 bits per heavy atom. The molecule has 0 spiro atoms. The summed E-state index contributed by atoms with van der Waals surface area (Å²) < 4.78 is 38.5. The van der Waals surface area contributed by atoms with E-state index in [4.69, 9.17) is 0 Å². The van der Waals surface area contributed by atoms with Gasteiger partial charge in [0.1, 0.15) is 16.4 Å². The van der Waals surface area contributed by atoms with E-state index < -0.39 is 11.9 Å². The van der Waals surface area contributed by atoms with Crippen molar-refractivity contribution in [1.29, 1.82) is 0 Å². The topological polar surface area (TPSA) is 44.8 Å². The van der Waals surface area contributed by atoms with E-state index in [9.17, 15) is 13.2 Å². The van der Waals surface area contributed by atoms with Crippen LogP contribution >= 0.6 is 11.3 Å². The summed E-state index contributed by atoms with van der Waals surface area (Å²) >= 11 is 1.61. The van der Waals surface area contributed by atoms with Crippen LogP contribution in [0.25, 0.3) is 21.8 Å². The molecule has 5 rings (SSSR count). The highest BCUT2D eigenvalue weighted by molar-refractivity contribution is 7.19. The van der Waals surface area contributed by atoms with Gasteiger partial charge in [-0.3, -0.25) is 10.1 Å². The molecular weight excluding hydrogens is 445 g/mol. The zero-order valence-electron chi connectivity index (χ0n) is 17.1. The van der Waals surface area contributed by atoms with E-state index >= 15 is 0 Å². The van der Waals surface area contributed by atoms with Gasteiger partial charge < -0.3 is 4.90 Å². The third kappa shape index (κ3) is 4.38. The number of pyridine rings is 1. The Balaban J connectivity index is 1.44. The molecule has 0 aliphatic carbocycles. The first-order chi connectivity index (χ1) is 16.0. The number of anilines is 3. The number of nitrogens with one attached hydrogen (secondary N) is 1. The lowest BCUT2D eigenvalue weighted by atomic mass is 10.2. The molecule has 3 heterocycles. The molecule has 4 nitrogen and oxygen atoms in total. The Hall–Kier alpha value is -3.91. The first-order valence-corrected chi connectivity index (χ1v) is 10.9. The van der Waals surface area contributed by atoms with Gasteiger partial charge in [-0.25, -0.2) is 0 Å². The number of nitrogens with zero attached hydrogens (tertiary/aromatic N) is 3. The molecule has 3 aromatic heterocycles. The zero-order valence-corrected chi connectivity index (χ0v) is 17.9. The van der Waals surface area contributed by atoms with Gasteiger partial charge in [0.05, 0.1) is 5.69 Å². The second-order valence-corrected chi connectivity index (χ2v) is 8.30. The van der Waals surface area contributed by atoms with E-state index in [-0.39, 0.29) is 5.69 Å². The van der Waals surface area contributed by atoms with Crippen LogP contribution in [0.5, 0.6) is 0 Å². The molecule has 0 saturated carbocycles. The number of para-hydroxylation sites is 2. The maximum Gasteiger partial charge on any atom is 0.432 e. The minimum atomic E-state index is -4.47. The van der Waals surface area contributed by atoms with Gasteiger partial charge in [0.25, 0.3) is 0 Å². The molecule has 164 valence electrons. The summed E-state index contributed by atoms with van der Waals surface area (Å²) in [7, 11) is 0. The van der Waals surface area contributed by atoms with Crippen molar-refractivity contribution in [3.63, 3.8) is 0 Å². The lowest BCUT2D eigenvalue weighted by Crippen LogP contribution is -2.07. The number of H-pyrrole nitrogens is 1. The molecule has 2 aromatic carbocycles. The third-order valence-electron chi connectivity index (χ3n) is 5.03. The van der Waals surface area contributed by atoms with Gasteiger partial charge in [-0.2, -0.15) is 18.3 Å². The summed E-state index contributed by atoms with van der Waals surface area (Å²) in [5.41, 5.74) is 2.60. The molecule has 0 aliphatic rings. The predicted octanol–water partition coefficient (Wildman–Crippen LogP) is 7.69. The van der Waals surface area contributed by atoms with Crippen molar-refractivity contribution in [2.24, 2.45) is 0 Å². The van der Waals surface area contributed by atoms with Crippen LogP contribution in [0.15, 0.2) is 97.2 Å². The third-order valence-corrected chi connectivity index (χ3v) is 6.15. The smallest absolute Gasteiger partial charge is 0.302 e. The summed E-state index contributed by atoms with van der Waals surface area (Å²) in [6, 6.07) is 28.8. The normalized spacial score (nSPS) is 11.5. The number of rotatable bonds is 5. The van der Waals surface area contributed by atoms with Crippen molar-refractivity contribution in [2.45, 2.75) is 6.18 Å². The maximum absolute atomic E-state index is 12.8. The molecule has 0 amide bonds. The molecule has 0 aliphatic heterocycles. The highest BCUT2D eigenvalue weighted by atomic mass is 32.1. The van der Waals surface area contributed by atoms with Crippen molar-refractivity contribution in [3.05, 3.63) is 103 Å². The highest BCUT2D eigenvalue weighted by Crippen LogP contribution is 2.41. The Morgan fingerprint density at radius 1 is 0.758 bits per heavy atom. The number of hydrogen-bond acceptors (Lipinski definition) is 4. The highest BCUT2D eigenvalue weighted by Gasteiger charge is 2.33. The Morgan fingerprint density at radius 3 is 1.97 bits per heavy atom. The summed E-state index contributed by atoms with van der Waals surface area (Å²) in [4.78, 5) is 7.51. The quantitative estimate of drug-likeness (QED) is 0.291. The van der Waals surface area contributed by atoms with E-state index in [0.29, 0.717) is 5.69 Å². The molecule has 8 heteroatoms. The molecule has 33 heavy (non-hydrogen) atoms. The Kier molecular flexibility index (Phi) is 5.43. The van der Waals surface area contributed by atoms with Crippen LogP contribution in [0.3, 0.4) is 0 Å². The second-order valence-electron chi connectivity index (χ2n) is 7.24.